The summed E-state index contributed by atoms with van der Waals surface area (Å²) in [5.74, 6) is 1.14. The van der Waals surface area contributed by atoms with Gasteiger partial charge < -0.3 is 14.8 Å². The fourth-order valence-electron chi connectivity index (χ4n) is 4.15. The molecule has 1 aliphatic carbocycles. The van der Waals surface area contributed by atoms with Crippen molar-refractivity contribution in [3.8, 4) is 11.5 Å². The second-order valence-corrected chi connectivity index (χ2v) is 10.7. The molecule has 0 radical (unpaired) electrons. The van der Waals surface area contributed by atoms with E-state index < -0.39 is 5.25 Å². The number of carbonyl (C=O) groups excluding carboxylic acids is 1. The summed E-state index contributed by atoms with van der Waals surface area (Å²) in [7, 11) is 0. The van der Waals surface area contributed by atoms with Gasteiger partial charge in [0.15, 0.2) is 16.7 Å². The number of carbonyl (C=O) groups is 1. The number of thiophene rings is 1. The van der Waals surface area contributed by atoms with Crippen LogP contribution in [0.2, 0.25) is 0 Å². The fourth-order valence-corrected chi connectivity index (χ4v) is 6.50. The molecule has 168 valence electrons. The van der Waals surface area contributed by atoms with Gasteiger partial charge in [-0.15, -0.1) is 11.3 Å². The van der Waals surface area contributed by atoms with Gasteiger partial charge in [-0.3, -0.25) is 14.2 Å². The van der Waals surface area contributed by atoms with Crippen LogP contribution in [0.1, 0.15) is 43.7 Å². The van der Waals surface area contributed by atoms with Gasteiger partial charge in [0.2, 0.25) is 5.91 Å². The Morgan fingerprint density at radius 1 is 1.19 bits per heavy atom. The molecule has 1 N–H and O–H groups in total. The summed E-state index contributed by atoms with van der Waals surface area (Å²) >= 11 is 2.94. The Morgan fingerprint density at radius 3 is 2.75 bits per heavy atom. The summed E-state index contributed by atoms with van der Waals surface area (Å²) in [5, 5.41) is 3.85. The van der Waals surface area contributed by atoms with Gasteiger partial charge in [-0.05, 0) is 57.7 Å². The normalized spacial score (nSPS) is 15.8. The van der Waals surface area contributed by atoms with Crippen molar-refractivity contribution in [2.24, 2.45) is 0 Å². The van der Waals surface area contributed by atoms with E-state index in [0.29, 0.717) is 35.6 Å². The highest BCUT2D eigenvalue weighted by molar-refractivity contribution is 8.00. The number of benzene rings is 1. The molecular formula is C23H25N3O4S2. The number of hydrogen-bond acceptors (Lipinski definition) is 7. The smallest absolute Gasteiger partial charge is 0.263 e. The van der Waals surface area contributed by atoms with E-state index in [9.17, 15) is 9.59 Å². The van der Waals surface area contributed by atoms with Crippen molar-refractivity contribution in [3.63, 3.8) is 0 Å². The van der Waals surface area contributed by atoms with Crippen LogP contribution in [0, 0.1) is 0 Å². The minimum atomic E-state index is -0.440. The molecule has 1 atom stereocenters. The first kappa shape index (κ1) is 21.3. The third kappa shape index (κ3) is 3.77. The topological polar surface area (TPSA) is 82.5 Å². The average molecular weight is 472 g/mol. The molecule has 32 heavy (non-hydrogen) atoms. The molecule has 0 saturated carbocycles. The third-order valence-corrected chi connectivity index (χ3v) is 7.97. The Hall–Kier alpha value is -2.52. The zero-order valence-electron chi connectivity index (χ0n) is 18.3. The van der Waals surface area contributed by atoms with Gasteiger partial charge >= 0.3 is 0 Å². The molecule has 2 aromatic heterocycles. The first-order chi connectivity index (χ1) is 15.4. The van der Waals surface area contributed by atoms with Gasteiger partial charge in [-0.1, -0.05) is 11.8 Å². The number of fused-ring (bicyclic) bond motifs is 4. The van der Waals surface area contributed by atoms with Gasteiger partial charge in [-0.2, -0.15) is 0 Å². The summed E-state index contributed by atoms with van der Waals surface area (Å²) in [5.41, 5.74) is 1.83. The van der Waals surface area contributed by atoms with Crippen LogP contribution in [0.15, 0.2) is 28.2 Å². The van der Waals surface area contributed by atoms with Crippen LogP contribution in [0.25, 0.3) is 10.2 Å². The lowest BCUT2D eigenvalue weighted by molar-refractivity contribution is -0.115. The number of ether oxygens (including phenoxy) is 2. The average Bonchev–Trinajstić information content (AvgIpc) is 3.34. The van der Waals surface area contributed by atoms with Crippen molar-refractivity contribution in [1.82, 2.24) is 9.55 Å². The molecule has 0 saturated heterocycles. The van der Waals surface area contributed by atoms with E-state index in [-0.39, 0.29) is 17.5 Å². The number of aryl methyl sites for hydroxylation is 2. The van der Waals surface area contributed by atoms with Crippen molar-refractivity contribution in [2.75, 3.05) is 18.5 Å². The number of nitrogens with zero attached hydrogens (tertiary/aromatic N) is 2. The standard InChI is InChI=1S/C23H25N3O4S2/c1-12(2)26-22(28)19-15-5-4-6-18(15)32-21(19)25-23(26)31-13(3)20(27)24-14-7-8-16-17(11-14)30-10-9-29-16/h7-8,11-13H,4-6,9-10H2,1-3H3,(H,24,27)/t13-/m0/s1. The van der Waals surface area contributed by atoms with Crippen molar-refractivity contribution in [3.05, 3.63) is 39.0 Å². The molecule has 0 unspecified atom stereocenters. The fraction of sp³-hybridized carbons (Fsp3) is 0.435. The van der Waals surface area contributed by atoms with E-state index in [0.717, 1.165) is 29.5 Å². The maximum absolute atomic E-state index is 13.4. The number of nitrogens with one attached hydrogen (secondary N) is 1. The minimum absolute atomic E-state index is 0.00587. The van der Waals surface area contributed by atoms with Gasteiger partial charge in [0.25, 0.3) is 5.56 Å². The SMILES string of the molecule is CC(C)n1c(S[C@@H](C)C(=O)Nc2ccc3c(c2)OCCO3)nc2sc3c(c2c1=O)CCC3. The second-order valence-electron chi connectivity index (χ2n) is 8.31. The van der Waals surface area contributed by atoms with Crippen LogP contribution >= 0.6 is 23.1 Å². The molecule has 0 bridgehead atoms. The van der Waals surface area contributed by atoms with Crippen LogP contribution < -0.4 is 20.3 Å². The van der Waals surface area contributed by atoms with Crippen molar-refractivity contribution in [2.45, 2.75) is 56.5 Å². The maximum Gasteiger partial charge on any atom is 0.263 e. The van der Waals surface area contributed by atoms with E-state index in [1.165, 1.54) is 22.2 Å². The Kier molecular flexibility index (Phi) is 5.63. The van der Waals surface area contributed by atoms with Gasteiger partial charge in [-0.25, -0.2) is 4.98 Å². The highest BCUT2D eigenvalue weighted by Gasteiger charge is 2.26. The van der Waals surface area contributed by atoms with E-state index in [4.69, 9.17) is 14.5 Å². The van der Waals surface area contributed by atoms with Gasteiger partial charge in [0.1, 0.15) is 18.0 Å². The van der Waals surface area contributed by atoms with Crippen molar-refractivity contribution >= 4 is 44.9 Å². The second kappa shape index (κ2) is 8.44. The molecule has 5 rings (SSSR count). The largest absolute Gasteiger partial charge is 0.486 e. The predicted molar refractivity (Wildman–Crippen MR) is 128 cm³/mol. The van der Waals surface area contributed by atoms with E-state index >= 15 is 0 Å². The molecule has 9 heteroatoms. The zero-order valence-corrected chi connectivity index (χ0v) is 19.9. The zero-order chi connectivity index (χ0) is 22.4. The van der Waals surface area contributed by atoms with E-state index in [1.807, 2.05) is 20.8 Å². The van der Waals surface area contributed by atoms with Crippen LogP contribution in [0.5, 0.6) is 11.5 Å². The molecule has 0 spiro atoms. The molecule has 1 aromatic carbocycles. The summed E-state index contributed by atoms with van der Waals surface area (Å²) in [6.07, 6.45) is 3.07. The maximum atomic E-state index is 13.4. The van der Waals surface area contributed by atoms with Crippen LogP contribution in [0.3, 0.4) is 0 Å². The third-order valence-electron chi connectivity index (χ3n) is 5.72. The molecule has 1 aliphatic heterocycles. The van der Waals surface area contributed by atoms with Gasteiger partial charge in [0, 0.05) is 22.7 Å². The predicted octanol–water partition coefficient (Wildman–Crippen LogP) is 4.42. The number of amides is 1. The molecule has 3 heterocycles. The molecule has 3 aromatic rings. The Morgan fingerprint density at radius 2 is 1.97 bits per heavy atom. The Bertz CT molecular complexity index is 1260. The molecule has 2 aliphatic rings. The lowest BCUT2D eigenvalue weighted by Crippen LogP contribution is -2.28. The summed E-state index contributed by atoms with van der Waals surface area (Å²) in [4.78, 5) is 33.2. The first-order valence-electron chi connectivity index (χ1n) is 10.9. The molecule has 7 nitrogen and oxygen atoms in total. The van der Waals surface area contributed by atoms with Crippen LogP contribution in [0.4, 0.5) is 5.69 Å². The summed E-state index contributed by atoms with van der Waals surface area (Å²) in [6.45, 7) is 6.79. The lowest BCUT2D eigenvalue weighted by Gasteiger charge is -2.20. The molecule has 1 amide bonds. The molecule has 0 fully saturated rings. The quantitative estimate of drug-likeness (QED) is 0.438. The van der Waals surface area contributed by atoms with E-state index in [2.05, 4.69) is 5.32 Å². The van der Waals surface area contributed by atoms with Crippen molar-refractivity contribution < 1.29 is 14.3 Å². The number of rotatable bonds is 5. The van der Waals surface area contributed by atoms with Gasteiger partial charge in [0.05, 0.1) is 10.6 Å². The van der Waals surface area contributed by atoms with Crippen molar-refractivity contribution in [1.29, 1.82) is 0 Å². The first-order valence-corrected chi connectivity index (χ1v) is 12.6. The minimum Gasteiger partial charge on any atom is -0.486 e. The number of aromatic nitrogens is 2. The Balaban J connectivity index is 1.40. The number of anilines is 1. The molecular weight excluding hydrogens is 446 g/mol. The number of thioether (sulfide) groups is 1. The highest BCUT2D eigenvalue weighted by Crippen LogP contribution is 2.37. The highest BCUT2D eigenvalue weighted by atomic mass is 32.2. The van der Waals surface area contributed by atoms with E-state index in [1.54, 1.807) is 34.1 Å². The van der Waals surface area contributed by atoms with Crippen LogP contribution in [-0.2, 0) is 17.6 Å². The summed E-state index contributed by atoms with van der Waals surface area (Å²) < 4.78 is 12.9. The Labute approximate surface area is 194 Å². The van der Waals surface area contributed by atoms with Crippen LogP contribution in [-0.4, -0.2) is 33.9 Å². The lowest BCUT2D eigenvalue weighted by atomic mass is 10.2. The number of hydrogen-bond donors (Lipinski definition) is 1. The summed E-state index contributed by atoms with van der Waals surface area (Å²) in [6, 6.07) is 5.31. The monoisotopic (exact) mass is 471 g/mol.